The Morgan fingerprint density at radius 2 is 2.06 bits per heavy atom. The third-order valence-electron chi connectivity index (χ3n) is 2.08. The molecule has 0 atom stereocenters. The molecule has 0 fully saturated rings. The molecule has 0 unspecified atom stereocenters. The van der Waals surface area contributed by atoms with Crippen LogP contribution in [0.25, 0.3) is 0 Å². The summed E-state index contributed by atoms with van der Waals surface area (Å²) in [6, 6.07) is 11.2. The zero-order valence-corrected chi connectivity index (χ0v) is 9.78. The van der Waals surface area contributed by atoms with Crippen LogP contribution in [0.15, 0.2) is 46.9 Å². The number of hydrogen-bond donors (Lipinski definition) is 2. The Hall–Kier alpha value is -2.14. The van der Waals surface area contributed by atoms with E-state index in [9.17, 15) is 4.79 Å². The summed E-state index contributed by atoms with van der Waals surface area (Å²) < 4.78 is 0. The van der Waals surface area contributed by atoms with Crippen LogP contribution in [0, 0.1) is 0 Å². The van der Waals surface area contributed by atoms with Crippen molar-refractivity contribution in [2.45, 2.75) is 0 Å². The standard InChI is InChI=1S/C12H11N3OS/c13-10-6-7-17-11(10)12(16)15-14-8-9-4-2-1-3-5-9/h1-8H,13H2,(H,15,16)/b14-8+. The first-order valence-electron chi connectivity index (χ1n) is 4.99. The van der Waals surface area contributed by atoms with Crippen LogP contribution in [-0.4, -0.2) is 12.1 Å². The van der Waals surface area contributed by atoms with Crippen LogP contribution in [0.3, 0.4) is 0 Å². The van der Waals surface area contributed by atoms with E-state index in [4.69, 9.17) is 5.73 Å². The average Bonchev–Trinajstić information content (AvgIpc) is 2.77. The van der Waals surface area contributed by atoms with Crippen molar-refractivity contribution in [1.29, 1.82) is 0 Å². The summed E-state index contributed by atoms with van der Waals surface area (Å²) in [5, 5.41) is 5.63. The highest BCUT2D eigenvalue weighted by atomic mass is 32.1. The molecular formula is C12H11N3OS. The lowest BCUT2D eigenvalue weighted by atomic mass is 10.2. The summed E-state index contributed by atoms with van der Waals surface area (Å²) in [4.78, 5) is 12.1. The van der Waals surface area contributed by atoms with Crippen LogP contribution in [0.4, 0.5) is 5.69 Å². The number of anilines is 1. The monoisotopic (exact) mass is 245 g/mol. The molecule has 0 saturated heterocycles. The molecule has 0 radical (unpaired) electrons. The third-order valence-corrected chi connectivity index (χ3v) is 3.01. The second-order valence-corrected chi connectivity index (χ2v) is 4.23. The van der Waals surface area contributed by atoms with Gasteiger partial charge in [-0.3, -0.25) is 4.79 Å². The Morgan fingerprint density at radius 1 is 1.29 bits per heavy atom. The number of hydrazone groups is 1. The van der Waals surface area contributed by atoms with Gasteiger partial charge in [-0.1, -0.05) is 30.3 Å². The number of hydrogen-bond acceptors (Lipinski definition) is 4. The van der Waals surface area contributed by atoms with Crippen molar-refractivity contribution in [2.75, 3.05) is 5.73 Å². The number of rotatable bonds is 3. The molecular weight excluding hydrogens is 234 g/mol. The number of carbonyl (C=O) groups is 1. The fraction of sp³-hybridized carbons (Fsp3) is 0. The maximum absolute atomic E-state index is 11.6. The van der Waals surface area contributed by atoms with Crippen LogP contribution in [0.1, 0.15) is 15.2 Å². The van der Waals surface area contributed by atoms with E-state index < -0.39 is 0 Å². The van der Waals surface area contributed by atoms with Gasteiger partial charge in [-0.25, -0.2) is 5.43 Å². The van der Waals surface area contributed by atoms with Crippen molar-refractivity contribution < 1.29 is 4.79 Å². The summed E-state index contributed by atoms with van der Waals surface area (Å²) in [6.07, 6.45) is 1.59. The molecule has 0 spiro atoms. The topological polar surface area (TPSA) is 67.5 Å². The van der Waals surface area contributed by atoms with Gasteiger partial charge in [-0.05, 0) is 17.0 Å². The molecule has 3 N–H and O–H groups in total. The molecule has 1 amide bonds. The minimum atomic E-state index is -0.287. The predicted molar refractivity (Wildman–Crippen MR) is 70.2 cm³/mol. The number of nitrogens with two attached hydrogens (primary N) is 1. The highest BCUT2D eigenvalue weighted by Crippen LogP contribution is 2.18. The van der Waals surface area contributed by atoms with Gasteiger partial charge in [0.05, 0.1) is 11.9 Å². The lowest BCUT2D eigenvalue weighted by Crippen LogP contribution is -2.17. The highest BCUT2D eigenvalue weighted by molar-refractivity contribution is 7.12. The zero-order valence-electron chi connectivity index (χ0n) is 8.96. The van der Waals surface area contributed by atoms with Crippen LogP contribution < -0.4 is 11.2 Å². The van der Waals surface area contributed by atoms with E-state index in [1.54, 1.807) is 17.7 Å². The molecule has 0 aliphatic heterocycles. The van der Waals surface area contributed by atoms with E-state index in [1.807, 2.05) is 30.3 Å². The Labute approximate surface area is 103 Å². The molecule has 1 heterocycles. The van der Waals surface area contributed by atoms with Crippen molar-refractivity contribution in [3.05, 3.63) is 52.2 Å². The molecule has 1 aromatic carbocycles. The van der Waals surface area contributed by atoms with Gasteiger partial charge >= 0.3 is 0 Å². The van der Waals surface area contributed by atoms with Gasteiger partial charge < -0.3 is 5.73 Å². The first-order valence-corrected chi connectivity index (χ1v) is 5.87. The summed E-state index contributed by atoms with van der Waals surface area (Å²) in [5.41, 5.74) is 9.45. The van der Waals surface area contributed by atoms with Crippen LogP contribution in [-0.2, 0) is 0 Å². The predicted octanol–water partition coefficient (Wildman–Crippen LogP) is 2.09. The maximum atomic E-state index is 11.6. The normalized spacial score (nSPS) is 10.6. The molecule has 0 aliphatic carbocycles. The zero-order chi connectivity index (χ0) is 12.1. The van der Waals surface area contributed by atoms with Crippen molar-refractivity contribution in [1.82, 2.24) is 5.43 Å². The molecule has 0 bridgehead atoms. The lowest BCUT2D eigenvalue weighted by molar-refractivity contribution is 0.0960. The van der Waals surface area contributed by atoms with Gasteiger partial charge in [-0.2, -0.15) is 5.10 Å². The molecule has 2 aromatic rings. The van der Waals surface area contributed by atoms with Crippen LogP contribution in [0.5, 0.6) is 0 Å². The minimum Gasteiger partial charge on any atom is -0.397 e. The average molecular weight is 245 g/mol. The van der Waals surface area contributed by atoms with Crippen molar-refractivity contribution in [2.24, 2.45) is 5.10 Å². The molecule has 17 heavy (non-hydrogen) atoms. The minimum absolute atomic E-state index is 0.287. The number of thiophene rings is 1. The smallest absolute Gasteiger partial charge is 0.283 e. The largest absolute Gasteiger partial charge is 0.397 e. The van der Waals surface area contributed by atoms with Gasteiger partial charge in [0, 0.05) is 0 Å². The summed E-state index contributed by atoms with van der Waals surface area (Å²) in [6.45, 7) is 0. The van der Waals surface area contributed by atoms with Gasteiger partial charge in [0.2, 0.25) is 0 Å². The maximum Gasteiger partial charge on any atom is 0.283 e. The first-order chi connectivity index (χ1) is 8.27. The highest BCUT2D eigenvalue weighted by Gasteiger charge is 2.09. The number of nitrogen functional groups attached to an aromatic ring is 1. The first kappa shape index (κ1) is 11.3. The van der Waals surface area contributed by atoms with E-state index in [0.29, 0.717) is 10.6 Å². The molecule has 2 rings (SSSR count). The van der Waals surface area contributed by atoms with Crippen molar-refractivity contribution in [3.63, 3.8) is 0 Å². The lowest BCUT2D eigenvalue weighted by Gasteiger charge is -1.97. The molecule has 0 saturated carbocycles. The fourth-order valence-corrected chi connectivity index (χ4v) is 1.97. The van der Waals surface area contributed by atoms with Crippen LogP contribution >= 0.6 is 11.3 Å². The molecule has 5 heteroatoms. The SMILES string of the molecule is Nc1ccsc1C(=O)N/N=C/c1ccccc1. The van der Waals surface area contributed by atoms with E-state index in [1.165, 1.54) is 11.3 Å². The number of carbonyl (C=O) groups excluding carboxylic acids is 1. The van der Waals surface area contributed by atoms with Crippen LogP contribution in [0.2, 0.25) is 0 Å². The van der Waals surface area contributed by atoms with Gasteiger partial charge in [0.15, 0.2) is 0 Å². The fourth-order valence-electron chi connectivity index (χ4n) is 1.26. The van der Waals surface area contributed by atoms with Crippen molar-refractivity contribution in [3.8, 4) is 0 Å². The Balaban J connectivity index is 1.98. The Bertz CT molecular complexity index is 534. The van der Waals surface area contributed by atoms with E-state index in [-0.39, 0.29) is 5.91 Å². The summed E-state index contributed by atoms with van der Waals surface area (Å²) in [5.74, 6) is -0.287. The number of nitrogens with zero attached hydrogens (tertiary/aromatic N) is 1. The Morgan fingerprint density at radius 3 is 2.71 bits per heavy atom. The number of amides is 1. The van der Waals surface area contributed by atoms with E-state index in [2.05, 4.69) is 10.5 Å². The number of nitrogens with one attached hydrogen (secondary N) is 1. The molecule has 0 aliphatic rings. The molecule has 4 nitrogen and oxygen atoms in total. The van der Waals surface area contributed by atoms with E-state index in [0.717, 1.165) is 5.56 Å². The third kappa shape index (κ3) is 2.92. The van der Waals surface area contributed by atoms with Gasteiger partial charge in [0.25, 0.3) is 5.91 Å². The second kappa shape index (κ2) is 5.27. The van der Waals surface area contributed by atoms with E-state index >= 15 is 0 Å². The molecule has 1 aromatic heterocycles. The molecule has 86 valence electrons. The summed E-state index contributed by atoms with van der Waals surface area (Å²) in [7, 11) is 0. The Kier molecular flexibility index (Phi) is 3.52. The van der Waals surface area contributed by atoms with Crippen molar-refractivity contribution >= 4 is 29.1 Å². The number of benzene rings is 1. The summed E-state index contributed by atoms with van der Waals surface area (Å²) >= 11 is 1.29. The van der Waals surface area contributed by atoms with Gasteiger partial charge in [-0.15, -0.1) is 11.3 Å². The second-order valence-electron chi connectivity index (χ2n) is 3.31. The van der Waals surface area contributed by atoms with Gasteiger partial charge in [0.1, 0.15) is 4.88 Å². The quantitative estimate of drug-likeness (QED) is 0.642.